The zero-order chi connectivity index (χ0) is 15.9. The molecular weight excluding hydrogens is 276 g/mol. The molecule has 2 aromatic rings. The van der Waals surface area contributed by atoms with E-state index in [1.807, 2.05) is 30.8 Å². The number of methoxy groups -OCH3 is 1. The summed E-state index contributed by atoms with van der Waals surface area (Å²) in [6, 6.07) is 8.59. The lowest BCUT2D eigenvalue weighted by Crippen LogP contribution is -2.15. The first-order chi connectivity index (χ1) is 10.6. The summed E-state index contributed by atoms with van der Waals surface area (Å²) in [6.45, 7) is 6.82. The molecule has 2 rings (SSSR count). The van der Waals surface area contributed by atoms with Gasteiger partial charge in [0.1, 0.15) is 0 Å². The SMILES string of the molecule is CCOC(CCCc1ccc(-n2ccc(C)n2)c(C)c1)OC. The number of aromatic nitrogens is 2. The molecule has 1 aromatic heterocycles. The monoisotopic (exact) mass is 302 g/mol. The summed E-state index contributed by atoms with van der Waals surface area (Å²) in [5.74, 6) is 0. The van der Waals surface area contributed by atoms with Crippen LogP contribution in [0.5, 0.6) is 0 Å². The van der Waals surface area contributed by atoms with Gasteiger partial charge in [0, 0.05) is 19.9 Å². The molecule has 1 unspecified atom stereocenters. The summed E-state index contributed by atoms with van der Waals surface area (Å²) < 4.78 is 12.7. The number of hydrogen-bond donors (Lipinski definition) is 0. The Morgan fingerprint density at radius 1 is 1.23 bits per heavy atom. The van der Waals surface area contributed by atoms with E-state index in [-0.39, 0.29) is 6.29 Å². The molecule has 0 aliphatic rings. The van der Waals surface area contributed by atoms with Crippen molar-refractivity contribution in [3.63, 3.8) is 0 Å². The molecule has 120 valence electrons. The Labute approximate surface area is 133 Å². The van der Waals surface area contributed by atoms with E-state index in [0.29, 0.717) is 6.61 Å². The minimum absolute atomic E-state index is 0.0857. The predicted molar refractivity (Wildman–Crippen MR) is 88.4 cm³/mol. The van der Waals surface area contributed by atoms with Gasteiger partial charge in [-0.3, -0.25) is 0 Å². The molecule has 1 aromatic carbocycles. The van der Waals surface area contributed by atoms with Crippen LogP contribution < -0.4 is 0 Å². The molecule has 0 aliphatic carbocycles. The van der Waals surface area contributed by atoms with Crippen LogP contribution in [-0.4, -0.2) is 29.8 Å². The normalized spacial score (nSPS) is 12.5. The zero-order valence-electron chi connectivity index (χ0n) is 14.0. The van der Waals surface area contributed by atoms with Gasteiger partial charge >= 0.3 is 0 Å². The fourth-order valence-corrected chi connectivity index (χ4v) is 2.61. The molecule has 1 heterocycles. The molecule has 4 heteroatoms. The van der Waals surface area contributed by atoms with Crippen molar-refractivity contribution in [3.8, 4) is 5.69 Å². The minimum Gasteiger partial charge on any atom is -0.356 e. The summed E-state index contributed by atoms with van der Waals surface area (Å²) in [5.41, 5.74) is 4.76. The third kappa shape index (κ3) is 4.42. The average Bonchev–Trinajstić information content (AvgIpc) is 2.92. The molecule has 1 atom stereocenters. The Bertz CT molecular complexity index is 593. The number of nitrogens with zero attached hydrogens (tertiary/aromatic N) is 2. The highest BCUT2D eigenvalue weighted by molar-refractivity contribution is 5.42. The smallest absolute Gasteiger partial charge is 0.157 e. The molecule has 0 saturated carbocycles. The van der Waals surface area contributed by atoms with Gasteiger partial charge in [0.05, 0.1) is 11.4 Å². The molecule has 0 N–H and O–H groups in total. The Morgan fingerprint density at radius 2 is 2.05 bits per heavy atom. The fourth-order valence-electron chi connectivity index (χ4n) is 2.61. The third-order valence-corrected chi connectivity index (χ3v) is 3.75. The van der Waals surface area contributed by atoms with Crippen molar-refractivity contribution in [1.82, 2.24) is 9.78 Å². The van der Waals surface area contributed by atoms with E-state index in [1.54, 1.807) is 7.11 Å². The molecular formula is C18H26N2O2. The molecule has 0 amide bonds. The molecule has 0 saturated heterocycles. The average molecular weight is 302 g/mol. The highest BCUT2D eigenvalue weighted by Gasteiger charge is 2.07. The summed E-state index contributed by atoms with van der Waals surface area (Å²) in [4.78, 5) is 0. The lowest BCUT2D eigenvalue weighted by atomic mass is 10.0. The van der Waals surface area contributed by atoms with Gasteiger partial charge in [-0.1, -0.05) is 12.1 Å². The van der Waals surface area contributed by atoms with Gasteiger partial charge in [0.15, 0.2) is 6.29 Å². The summed E-state index contributed by atoms with van der Waals surface area (Å²) in [7, 11) is 1.70. The van der Waals surface area contributed by atoms with E-state index < -0.39 is 0 Å². The van der Waals surface area contributed by atoms with Crippen LogP contribution in [0, 0.1) is 13.8 Å². The van der Waals surface area contributed by atoms with Gasteiger partial charge in [-0.05, 0) is 63.3 Å². The summed E-state index contributed by atoms with van der Waals surface area (Å²) in [6.07, 6.45) is 4.92. The maximum absolute atomic E-state index is 5.50. The number of aryl methyl sites for hydroxylation is 3. The maximum Gasteiger partial charge on any atom is 0.157 e. The van der Waals surface area contributed by atoms with E-state index >= 15 is 0 Å². The topological polar surface area (TPSA) is 36.3 Å². The number of rotatable bonds is 8. The fraction of sp³-hybridized carbons (Fsp3) is 0.500. The summed E-state index contributed by atoms with van der Waals surface area (Å²) in [5, 5.41) is 4.47. The van der Waals surface area contributed by atoms with Crippen LogP contribution in [0.15, 0.2) is 30.5 Å². The largest absolute Gasteiger partial charge is 0.356 e. The van der Waals surface area contributed by atoms with Crippen molar-refractivity contribution in [1.29, 1.82) is 0 Å². The van der Waals surface area contributed by atoms with Crippen molar-refractivity contribution in [3.05, 3.63) is 47.3 Å². The van der Waals surface area contributed by atoms with Gasteiger partial charge in [-0.2, -0.15) is 5.10 Å². The van der Waals surface area contributed by atoms with E-state index in [1.165, 1.54) is 11.1 Å². The van der Waals surface area contributed by atoms with Crippen LogP contribution in [-0.2, 0) is 15.9 Å². The minimum atomic E-state index is -0.0857. The number of ether oxygens (including phenoxy) is 2. The van der Waals surface area contributed by atoms with E-state index in [0.717, 1.165) is 30.6 Å². The highest BCUT2D eigenvalue weighted by atomic mass is 16.7. The Balaban J connectivity index is 1.95. The Kier molecular flexibility index (Phi) is 6.16. The second-order valence-corrected chi connectivity index (χ2v) is 5.54. The first kappa shape index (κ1) is 16.7. The molecule has 4 nitrogen and oxygen atoms in total. The lowest BCUT2D eigenvalue weighted by Gasteiger charge is -2.15. The Morgan fingerprint density at radius 3 is 2.64 bits per heavy atom. The van der Waals surface area contributed by atoms with Crippen LogP contribution in [0.2, 0.25) is 0 Å². The van der Waals surface area contributed by atoms with Crippen LogP contribution in [0.4, 0.5) is 0 Å². The predicted octanol–water partition coefficient (Wildman–Crippen LogP) is 3.82. The van der Waals surface area contributed by atoms with Crippen molar-refractivity contribution in [2.75, 3.05) is 13.7 Å². The van der Waals surface area contributed by atoms with Crippen LogP contribution in [0.3, 0.4) is 0 Å². The first-order valence-corrected chi connectivity index (χ1v) is 7.90. The lowest BCUT2D eigenvalue weighted by molar-refractivity contribution is -0.124. The van der Waals surface area contributed by atoms with Crippen molar-refractivity contribution in [2.45, 2.75) is 46.3 Å². The molecule has 0 radical (unpaired) electrons. The van der Waals surface area contributed by atoms with E-state index in [2.05, 4.69) is 30.2 Å². The van der Waals surface area contributed by atoms with Crippen LogP contribution >= 0.6 is 0 Å². The Hall–Kier alpha value is -1.65. The van der Waals surface area contributed by atoms with Gasteiger partial charge < -0.3 is 9.47 Å². The van der Waals surface area contributed by atoms with Gasteiger partial charge in [-0.15, -0.1) is 0 Å². The second kappa shape index (κ2) is 8.11. The highest BCUT2D eigenvalue weighted by Crippen LogP contribution is 2.17. The standard InChI is InChI=1S/C18H26N2O2/c1-5-22-18(21-4)8-6-7-16-9-10-17(14(2)13-16)20-12-11-15(3)19-20/h9-13,18H,5-8H2,1-4H3. The number of hydrogen-bond acceptors (Lipinski definition) is 3. The van der Waals surface area contributed by atoms with Gasteiger partial charge in [-0.25, -0.2) is 4.68 Å². The number of benzene rings is 1. The molecule has 0 aliphatic heterocycles. The van der Waals surface area contributed by atoms with Crippen molar-refractivity contribution in [2.24, 2.45) is 0 Å². The first-order valence-electron chi connectivity index (χ1n) is 7.90. The third-order valence-electron chi connectivity index (χ3n) is 3.75. The van der Waals surface area contributed by atoms with Gasteiger partial charge in [0.25, 0.3) is 0 Å². The van der Waals surface area contributed by atoms with Crippen LogP contribution in [0.25, 0.3) is 5.69 Å². The molecule has 22 heavy (non-hydrogen) atoms. The van der Waals surface area contributed by atoms with E-state index in [4.69, 9.17) is 9.47 Å². The summed E-state index contributed by atoms with van der Waals surface area (Å²) >= 11 is 0. The second-order valence-electron chi connectivity index (χ2n) is 5.54. The van der Waals surface area contributed by atoms with Crippen molar-refractivity contribution < 1.29 is 9.47 Å². The van der Waals surface area contributed by atoms with Crippen molar-refractivity contribution >= 4 is 0 Å². The van der Waals surface area contributed by atoms with Gasteiger partial charge in [0.2, 0.25) is 0 Å². The quantitative estimate of drug-likeness (QED) is 0.696. The zero-order valence-corrected chi connectivity index (χ0v) is 14.0. The molecule has 0 spiro atoms. The van der Waals surface area contributed by atoms with Crippen LogP contribution in [0.1, 0.15) is 36.6 Å². The molecule has 0 fully saturated rings. The molecule has 0 bridgehead atoms. The van der Waals surface area contributed by atoms with E-state index in [9.17, 15) is 0 Å². The maximum atomic E-state index is 5.50.